The molecule has 1 aliphatic heterocycles. The van der Waals surface area contributed by atoms with Crippen molar-refractivity contribution in [2.75, 3.05) is 38.2 Å². The molecular formula is C28H29Cl2N5O. The van der Waals surface area contributed by atoms with E-state index in [0.29, 0.717) is 23.1 Å². The van der Waals surface area contributed by atoms with E-state index in [9.17, 15) is 0 Å². The van der Waals surface area contributed by atoms with Crippen molar-refractivity contribution in [2.45, 2.75) is 20.0 Å². The van der Waals surface area contributed by atoms with Crippen molar-refractivity contribution in [1.29, 1.82) is 0 Å². The van der Waals surface area contributed by atoms with Crippen molar-refractivity contribution in [3.63, 3.8) is 0 Å². The zero-order valence-electron chi connectivity index (χ0n) is 20.5. The van der Waals surface area contributed by atoms with E-state index in [4.69, 9.17) is 38.0 Å². The highest BCUT2D eigenvalue weighted by atomic mass is 35.5. The summed E-state index contributed by atoms with van der Waals surface area (Å²) in [5.74, 6) is 2.53. The van der Waals surface area contributed by atoms with Crippen LogP contribution < -0.4 is 9.64 Å². The first-order chi connectivity index (χ1) is 17.5. The van der Waals surface area contributed by atoms with Gasteiger partial charge in [0.15, 0.2) is 11.6 Å². The van der Waals surface area contributed by atoms with Crippen molar-refractivity contribution in [2.24, 2.45) is 0 Å². The van der Waals surface area contributed by atoms with Crippen LogP contribution in [0.15, 0.2) is 66.7 Å². The molecule has 3 aromatic carbocycles. The van der Waals surface area contributed by atoms with Gasteiger partial charge in [0, 0.05) is 47.5 Å². The van der Waals surface area contributed by atoms with E-state index < -0.39 is 0 Å². The van der Waals surface area contributed by atoms with Gasteiger partial charge < -0.3 is 9.64 Å². The van der Waals surface area contributed by atoms with E-state index in [1.165, 1.54) is 11.3 Å². The van der Waals surface area contributed by atoms with Gasteiger partial charge in [-0.1, -0.05) is 59.1 Å². The van der Waals surface area contributed by atoms with E-state index in [2.05, 4.69) is 53.1 Å². The Hall–Kier alpha value is -3.06. The summed E-state index contributed by atoms with van der Waals surface area (Å²) in [6, 6.07) is 22.2. The maximum atomic E-state index is 6.48. The SMILES string of the molecule is COc1ccc(N2CCN(Cc3nc(-c4ccc(C)cc4)n(Cc4ccc(Cl)cc4Cl)n3)CC2)cc1. The Labute approximate surface area is 222 Å². The first kappa shape index (κ1) is 24.6. The molecular weight excluding hydrogens is 493 g/mol. The molecule has 0 spiro atoms. The predicted molar refractivity (Wildman–Crippen MR) is 146 cm³/mol. The van der Waals surface area contributed by atoms with Crippen molar-refractivity contribution >= 4 is 28.9 Å². The zero-order valence-corrected chi connectivity index (χ0v) is 22.0. The summed E-state index contributed by atoms with van der Waals surface area (Å²) in [6.07, 6.45) is 0. The second-order valence-electron chi connectivity index (χ2n) is 9.07. The van der Waals surface area contributed by atoms with Crippen LogP contribution in [-0.2, 0) is 13.1 Å². The fourth-order valence-corrected chi connectivity index (χ4v) is 4.92. The second kappa shape index (κ2) is 10.9. The number of aryl methyl sites for hydroxylation is 1. The molecule has 0 aliphatic carbocycles. The molecule has 186 valence electrons. The van der Waals surface area contributed by atoms with Gasteiger partial charge in [0.05, 0.1) is 20.2 Å². The van der Waals surface area contributed by atoms with Crippen LogP contribution in [-0.4, -0.2) is 53.0 Å². The highest BCUT2D eigenvalue weighted by Gasteiger charge is 2.21. The molecule has 0 saturated carbocycles. The zero-order chi connectivity index (χ0) is 25.1. The van der Waals surface area contributed by atoms with Crippen LogP contribution in [0.25, 0.3) is 11.4 Å². The number of halogens is 2. The van der Waals surface area contributed by atoms with Crippen LogP contribution in [0, 0.1) is 6.92 Å². The highest BCUT2D eigenvalue weighted by molar-refractivity contribution is 6.35. The molecule has 1 aliphatic rings. The Kier molecular flexibility index (Phi) is 7.46. The van der Waals surface area contributed by atoms with Crippen molar-refractivity contribution < 1.29 is 4.74 Å². The van der Waals surface area contributed by atoms with Crippen molar-refractivity contribution in [3.8, 4) is 17.1 Å². The Morgan fingerprint density at radius 3 is 2.25 bits per heavy atom. The van der Waals surface area contributed by atoms with Crippen molar-refractivity contribution in [3.05, 3.63) is 93.7 Å². The third-order valence-electron chi connectivity index (χ3n) is 6.54. The van der Waals surface area contributed by atoms with E-state index in [0.717, 1.165) is 54.7 Å². The number of benzene rings is 3. The van der Waals surface area contributed by atoms with Crippen LogP contribution in [0.4, 0.5) is 5.69 Å². The molecule has 1 fully saturated rings. The minimum absolute atomic E-state index is 0.525. The van der Waals surface area contributed by atoms with Gasteiger partial charge in [-0.3, -0.25) is 4.90 Å². The number of rotatable bonds is 7. The van der Waals surface area contributed by atoms with Gasteiger partial charge in [-0.2, -0.15) is 5.10 Å². The van der Waals surface area contributed by atoms with Gasteiger partial charge in [-0.15, -0.1) is 0 Å². The Bertz CT molecular complexity index is 1310. The molecule has 1 aromatic heterocycles. The average molecular weight is 522 g/mol. The molecule has 8 heteroatoms. The summed E-state index contributed by atoms with van der Waals surface area (Å²) in [4.78, 5) is 9.77. The molecule has 5 rings (SSSR count). The highest BCUT2D eigenvalue weighted by Crippen LogP contribution is 2.25. The second-order valence-corrected chi connectivity index (χ2v) is 9.92. The lowest BCUT2D eigenvalue weighted by molar-refractivity contribution is 0.244. The number of aromatic nitrogens is 3. The van der Waals surface area contributed by atoms with Gasteiger partial charge in [0.25, 0.3) is 0 Å². The molecule has 0 unspecified atom stereocenters. The minimum atomic E-state index is 0.525. The van der Waals surface area contributed by atoms with Crippen LogP contribution in [0.3, 0.4) is 0 Å². The molecule has 0 radical (unpaired) electrons. The van der Waals surface area contributed by atoms with Gasteiger partial charge >= 0.3 is 0 Å². The van der Waals surface area contributed by atoms with Crippen LogP contribution in [0.2, 0.25) is 10.0 Å². The summed E-state index contributed by atoms with van der Waals surface area (Å²) in [6.45, 7) is 7.12. The molecule has 0 amide bonds. The lowest BCUT2D eigenvalue weighted by Gasteiger charge is -2.35. The molecule has 4 aromatic rings. The Morgan fingerprint density at radius 2 is 1.58 bits per heavy atom. The van der Waals surface area contributed by atoms with Crippen LogP contribution in [0.5, 0.6) is 5.75 Å². The quantitative estimate of drug-likeness (QED) is 0.301. The molecule has 6 nitrogen and oxygen atoms in total. The number of piperazine rings is 1. The molecule has 1 saturated heterocycles. The standard InChI is InChI=1S/C28H29Cl2N5O/c1-20-3-5-21(6-4-20)28-31-27(32-35(28)18-22-7-8-23(29)17-26(22)30)19-33-13-15-34(16-14-33)24-9-11-25(36-2)12-10-24/h3-12,17H,13-16,18-19H2,1-2H3. The molecule has 36 heavy (non-hydrogen) atoms. The minimum Gasteiger partial charge on any atom is -0.497 e. The van der Waals surface area contributed by atoms with Crippen molar-refractivity contribution in [1.82, 2.24) is 19.7 Å². The molecule has 2 heterocycles. The average Bonchev–Trinajstić information content (AvgIpc) is 3.28. The summed E-state index contributed by atoms with van der Waals surface area (Å²) in [5.41, 5.74) is 4.42. The monoisotopic (exact) mass is 521 g/mol. The fraction of sp³-hybridized carbons (Fsp3) is 0.286. The topological polar surface area (TPSA) is 46.4 Å². The van der Waals surface area contributed by atoms with Gasteiger partial charge in [0.2, 0.25) is 0 Å². The van der Waals surface area contributed by atoms with E-state index in [1.807, 2.05) is 28.9 Å². The summed E-state index contributed by atoms with van der Waals surface area (Å²) in [5, 5.41) is 6.15. The summed E-state index contributed by atoms with van der Waals surface area (Å²) in [7, 11) is 1.69. The first-order valence-corrected chi connectivity index (χ1v) is 12.8. The lowest BCUT2D eigenvalue weighted by Crippen LogP contribution is -2.46. The summed E-state index contributed by atoms with van der Waals surface area (Å²) >= 11 is 12.6. The Morgan fingerprint density at radius 1 is 0.861 bits per heavy atom. The van der Waals surface area contributed by atoms with E-state index in [-0.39, 0.29) is 0 Å². The largest absolute Gasteiger partial charge is 0.497 e. The van der Waals surface area contributed by atoms with Gasteiger partial charge in [-0.25, -0.2) is 9.67 Å². The number of hydrogen-bond acceptors (Lipinski definition) is 5. The number of methoxy groups -OCH3 is 1. The predicted octanol–water partition coefficient (Wildman–Crippen LogP) is 5.94. The Balaban J connectivity index is 1.32. The smallest absolute Gasteiger partial charge is 0.165 e. The molecule has 0 N–H and O–H groups in total. The van der Waals surface area contributed by atoms with Crippen LogP contribution >= 0.6 is 23.2 Å². The number of anilines is 1. The van der Waals surface area contributed by atoms with Gasteiger partial charge in [0.1, 0.15) is 5.75 Å². The third-order valence-corrected chi connectivity index (χ3v) is 7.12. The normalized spacial score (nSPS) is 14.3. The van der Waals surface area contributed by atoms with E-state index in [1.54, 1.807) is 13.2 Å². The maximum absolute atomic E-state index is 6.48. The third kappa shape index (κ3) is 5.67. The molecule has 0 bridgehead atoms. The van der Waals surface area contributed by atoms with Crippen LogP contribution in [0.1, 0.15) is 17.0 Å². The number of hydrogen-bond donors (Lipinski definition) is 0. The maximum Gasteiger partial charge on any atom is 0.165 e. The summed E-state index contributed by atoms with van der Waals surface area (Å²) < 4.78 is 7.23. The van der Waals surface area contributed by atoms with Gasteiger partial charge in [-0.05, 0) is 48.9 Å². The number of ether oxygens (including phenoxy) is 1. The molecule has 0 atom stereocenters. The first-order valence-electron chi connectivity index (χ1n) is 12.0. The fourth-order valence-electron chi connectivity index (χ4n) is 4.45. The number of nitrogens with zero attached hydrogens (tertiary/aromatic N) is 5. The van der Waals surface area contributed by atoms with E-state index >= 15 is 0 Å². The lowest BCUT2D eigenvalue weighted by atomic mass is 10.1.